The summed E-state index contributed by atoms with van der Waals surface area (Å²) in [5.74, 6) is -0.186. The first-order chi connectivity index (χ1) is 8.99. The SMILES string of the molecule is Cc1cccc(CNC2CC(=O)N(C(C)C)C2=O)c1. The monoisotopic (exact) mass is 260 g/mol. The predicted octanol–water partition coefficient (Wildman–Crippen LogP) is 1.62. The minimum absolute atomic E-state index is 0.0641. The maximum Gasteiger partial charge on any atom is 0.247 e. The molecular formula is C15H20N2O2. The molecule has 0 bridgehead atoms. The van der Waals surface area contributed by atoms with Crippen molar-refractivity contribution in [3.8, 4) is 0 Å². The summed E-state index contributed by atoms with van der Waals surface area (Å²) in [4.78, 5) is 25.2. The number of hydrogen-bond donors (Lipinski definition) is 1. The van der Waals surface area contributed by atoms with E-state index in [0.29, 0.717) is 6.54 Å². The van der Waals surface area contributed by atoms with Gasteiger partial charge in [-0.05, 0) is 26.3 Å². The smallest absolute Gasteiger partial charge is 0.247 e. The summed E-state index contributed by atoms with van der Waals surface area (Å²) >= 11 is 0. The normalized spacial score (nSPS) is 19.6. The van der Waals surface area contributed by atoms with Crippen LogP contribution >= 0.6 is 0 Å². The first kappa shape index (κ1) is 13.7. The highest BCUT2D eigenvalue weighted by Gasteiger charge is 2.39. The van der Waals surface area contributed by atoms with Crippen molar-refractivity contribution in [2.24, 2.45) is 0 Å². The molecule has 1 aromatic rings. The summed E-state index contributed by atoms with van der Waals surface area (Å²) in [5.41, 5.74) is 2.32. The molecule has 0 radical (unpaired) electrons. The summed E-state index contributed by atoms with van der Waals surface area (Å²) in [6.45, 7) is 6.36. The summed E-state index contributed by atoms with van der Waals surface area (Å²) in [6.07, 6.45) is 0.267. The highest BCUT2D eigenvalue weighted by atomic mass is 16.2. The van der Waals surface area contributed by atoms with Crippen LogP contribution in [0.5, 0.6) is 0 Å². The van der Waals surface area contributed by atoms with Crippen molar-refractivity contribution in [1.82, 2.24) is 10.2 Å². The van der Waals surface area contributed by atoms with E-state index in [1.54, 1.807) is 0 Å². The minimum Gasteiger partial charge on any atom is -0.301 e. The summed E-state index contributed by atoms with van der Waals surface area (Å²) in [5, 5.41) is 3.18. The van der Waals surface area contributed by atoms with Crippen molar-refractivity contribution < 1.29 is 9.59 Å². The molecule has 1 fully saturated rings. The third-order valence-corrected chi connectivity index (χ3v) is 3.33. The van der Waals surface area contributed by atoms with Crippen LogP contribution in [-0.2, 0) is 16.1 Å². The van der Waals surface area contributed by atoms with Crippen molar-refractivity contribution in [1.29, 1.82) is 0 Å². The molecule has 0 spiro atoms. The largest absolute Gasteiger partial charge is 0.301 e. The lowest BCUT2D eigenvalue weighted by molar-refractivity contribution is -0.140. The van der Waals surface area contributed by atoms with Gasteiger partial charge in [0, 0.05) is 12.6 Å². The van der Waals surface area contributed by atoms with Crippen molar-refractivity contribution in [2.75, 3.05) is 0 Å². The second-order valence-corrected chi connectivity index (χ2v) is 5.32. The van der Waals surface area contributed by atoms with Crippen molar-refractivity contribution >= 4 is 11.8 Å². The number of carbonyl (C=O) groups excluding carboxylic acids is 2. The standard InChI is InChI=1S/C15H20N2O2/c1-10(2)17-14(18)8-13(15(17)19)16-9-12-6-4-5-11(3)7-12/h4-7,10,13,16H,8-9H2,1-3H3. The van der Waals surface area contributed by atoms with Gasteiger partial charge in [-0.3, -0.25) is 14.5 Å². The van der Waals surface area contributed by atoms with E-state index in [-0.39, 0.29) is 30.3 Å². The van der Waals surface area contributed by atoms with Crippen LogP contribution in [0.3, 0.4) is 0 Å². The lowest BCUT2D eigenvalue weighted by Gasteiger charge is -2.19. The maximum absolute atomic E-state index is 12.1. The van der Waals surface area contributed by atoms with E-state index < -0.39 is 0 Å². The summed E-state index contributed by atoms with van der Waals surface area (Å²) in [7, 11) is 0. The number of likely N-dealkylation sites (tertiary alicyclic amines) is 1. The fraction of sp³-hybridized carbons (Fsp3) is 0.467. The van der Waals surface area contributed by atoms with Gasteiger partial charge < -0.3 is 5.32 Å². The molecule has 1 aromatic carbocycles. The van der Waals surface area contributed by atoms with E-state index in [1.165, 1.54) is 10.5 Å². The molecular weight excluding hydrogens is 240 g/mol. The van der Waals surface area contributed by atoms with E-state index in [2.05, 4.69) is 11.4 Å². The zero-order chi connectivity index (χ0) is 14.0. The average molecular weight is 260 g/mol. The third-order valence-electron chi connectivity index (χ3n) is 3.33. The Morgan fingerprint density at radius 2 is 2.11 bits per heavy atom. The molecule has 0 aliphatic carbocycles. The Kier molecular flexibility index (Phi) is 4.00. The predicted molar refractivity (Wildman–Crippen MR) is 73.4 cm³/mol. The number of aryl methyl sites for hydroxylation is 1. The van der Waals surface area contributed by atoms with Gasteiger partial charge in [-0.1, -0.05) is 29.8 Å². The van der Waals surface area contributed by atoms with Gasteiger partial charge in [-0.15, -0.1) is 0 Å². The van der Waals surface area contributed by atoms with Crippen molar-refractivity contribution in [3.05, 3.63) is 35.4 Å². The molecule has 102 valence electrons. The van der Waals surface area contributed by atoms with Gasteiger partial charge in [-0.25, -0.2) is 0 Å². The Bertz CT molecular complexity index is 497. The van der Waals surface area contributed by atoms with E-state index in [9.17, 15) is 9.59 Å². The average Bonchev–Trinajstić information content (AvgIpc) is 2.62. The number of carbonyl (C=O) groups is 2. The highest BCUT2D eigenvalue weighted by molar-refractivity contribution is 6.05. The fourth-order valence-electron chi connectivity index (χ4n) is 2.42. The Morgan fingerprint density at radius 3 is 2.68 bits per heavy atom. The molecule has 0 aromatic heterocycles. The topological polar surface area (TPSA) is 49.4 Å². The molecule has 2 rings (SSSR count). The van der Waals surface area contributed by atoms with Gasteiger partial charge in [0.25, 0.3) is 0 Å². The van der Waals surface area contributed by atoms with Crippen LogP contribution in [0.1, 0.15) is 31.4 Å². The van der Waals surface area contributed by atoms with Crippen LogP contribution in [0.2, 0.25) is 0 Å². The maximum atomic E-state index is 12.1. The molecule has 1 unspecified atom stereocenters. The van der Waals surface area contributed by atoms with Gasteiger partial charge >= 0.3 is 0 Å². The van der Waals surface area contributed by atoms with Gasteiger partial charge in [0.1, 0.15) is 0 Å². The molecule has 1 N–H and O–H groups in total. The molecule has 1 atom stereocenters. The van der Waals surface area contributed by atoms with Gasteiger partial charge in [0.2, 0.25) is 11.8 Å². The Balaban J connectivity index is 1.98. The zero-order valence-electron chi connectivity index (χ0n) is 11.6. The molecule has 0 saturated carbocycles. The Hall–Kier alpha value is -1.68. The van der Waals surface area contributed by atoms with E-state index in [0.717, 1.165) is 5.56 Å². The van der Waals surface area contributed by atoms with Crippen LogP contribution in [-0.4, -0.2) is 28.8 Å². The number of nitrogens with one attached hydrogen (secondary N) is 1. The molecule has 2 amide bonds. The second kappa shape index (κ2) is 5.53. The first-order valence-electron chi connectivity index (χ1n) is 6.64. The molecule has 4 nitrogen and oxygen atoms in total. The molecule has 1 saturated heterocycles. The van der Waals surface area contributed by atoms with Crippen LogP contribution in [0, 0.1) is 6.92 Å². The number of amides is 2. The van der Waals surface area contributed by atoms with Gasteiger partial charge in [0.05, 0.1) is 12.5 Å². The zero-order valence-corrected chi connectivity index (χ0v) is 11.6. The Morgan fingerprint density at radius 1 is 1.37 bits per heavy atom. The van der Waals surface area contributed by atoms with Crippen LogP contribution in [0.25, 0.3) is 0 Å². The summed E-state index contributed by atoms with van der Waals surface area (Å²) < 4.78 is 0. The van der Waals surface area contributed by atoms with E-state index in [1.807, 2.05) is 39.0 Å². The molecule has 19 heavy (non-hydrogen) atoms. The van der Waals surface area contributed by atoms with Gasteiger partial charge in [-0.2, -0.15) is 0 Å². The fourth-order valence-corrected chi connectivity index (χ4v) is 2.42. The highest BCUT2D eigenvalue weighted by Crippen LogP contribution is 2.16. The van der Waals surface area contributed by atoms with Crippen LogP contribution < -0.4 is 5.32 Å². The number of rotatable bonds is 4. The van der Waals surface area contributed by atoms with Crippen LogP contribution in [0.15, 0.2) is 24.3 Å². The lowest BCUT2D eigenvalue weighted by atomic mass is 10.1. The van der Waals surface area contributed by atoms with E-state index in [4.69, 9.17) is 0 Å². The molecule has 1 aliphatic heterocycles. The number of hydrogen-bond acceptors (Lipinski definition) is 3. The minimum atomic E-state index is -0.379. The molecule has 1 aliphatic rings. The quantitative estimate of drug-likeness (QED) is 0.837. The van der Waals surface area contributed by atoms with Crippen molar-refractivity contribution in [3.63, 3.8) is 0 Å². The second-order valence-electron chi connectivity index (χ2n) is 5.32. The molecule has 1 heterocycles. The first-order valence-corrected chi connectivity index (χ1v) is 6.64. The third kappa shape index (κ3) is 3.01. The van der Waals surface area contributed by atoms with E-state index >= 15 is 0 Å². The van der Waals surface area contributed by atoms with Crippen molar-refractivity contribution in [2.45, 2.75) is 45.8 Å². The number of nitrogens with zero attached hydrogens (tertiary/aromatic N) is 1. The number of imide groups is 1. The Labute approximate surface area is 113 Å². The lowest BCUT2D eigenvalue weighted by Crippen LogP contribution is -2.41. The number of benzene rings is 1. The van der Waals surface area contributed by atoms with Crippen LogP contribution in [0.4, 0.5) is 0 Å². The molecule has 4 heteroatoms. The van der Waals surface area contributed by atoms with Gasteiger partial charge in [0.15, 0.2) is 0 Å². The summed E-state index contributed by atoms with van der Waals surface area (Å²) in [6, 6.07) is 7.68.